The van der Waals surface area contributed by atoms with Crippen molar-refractivity contribution in [1.29, 1.82) is 0 Å². The van der Waals surface area contributed by atoms with E-state index >= 15 is 0 Å². The van der Waals surface area contributed by atoms with Crippen molar-refractivity contribution in [2.45, 2.75) is 58.0 Å². The molecular formula is C22H32N4O3. The predicted octanol–water partition coefficient (Wildman–Crippen LogP) is 2.74. The monoisotopic (exact) mass is 400 g/mol. The zero-order valence-corrected chi connectivity index (χ0v) is 17.2. The SMILES string of the molecule is CCC(NNCCCCCn1ccc(=O)[nH]c1=O)c1cccc(OCC2CC2)c1. The van der Waals surface area contributed by atoms with Crippen molar-refractivity contribution < 1.29 is 4.74 Å². The van der Waals surface area contributed by atoms with E-state index in [1.807, 2.05) is 6.07 Å². The molecule has 1 aliphatic carbocycles. The van der Waals surface area contributed by atoms with E-state index in [4.69, 9.17) is 4.74 Å². The van der Waals surface area contributed by atoms with E-state index in [1.165, 1.54) is 24.5 Å². The first kappa shape index (κ1) is 21.3. The van der Waals surface area contributed by atoms with Crippen LogP contribution in [0.25, 0.3) is 0 Å². The Morgan fingerprint density at radius 2 is 2.07 bits per heavy atom. The molecule has 3 N–H and O–H groups in total. The van der Waals surface area contributed by atoms with Crippen LogP contribution < -0.4 is 26.8 Å². The van der Waals surface area contributed by atoms with Crippen molar-refractivity contribution >= 4 is 0 Å². The summed E-state index contributed by atoms with van der Waals surface area (Å²) in [6.45, 7) is 4.47. The molecular weight excluding hydrogens is 368 g/mol. The Hall–Kier alpha value is -2.38. The highest BCUT2D eigenvalue weighted by Gasteiger charge is 2.22. The molecule has 0 saturated heterocycles. The second-order valence-electron chi connectivity index (χ2n) is 7.72. The first-order valence-electron chi connectivity index (χ1n) is 10.7. The summed E-state index contributed by atoms with van der Waals surface area (Å²) in [5, 5.41) is 0. The number of unbranched alkanes of at least 4 members (excludes halogenated alkanes) is 2. The third kappa shape index (κ3) is 7.18. The summed E-state index contributed by atoms with van der Waals surface area (Å²) >= 11 is 0. The highest BCUT2D eigenvalue weighted by Crippen LogP contribution is 2.30. The molecule has 1 saturated carbocycles. The predicted molar refractivity (Wildman–Crippen MR) is 114 cm³/mol. The molecule has 1 heterocycles. The number of hydrogen-bond acceptors (Lipinski definition) is 5. The minimum Gasteiger partial charge on any atom is -0.493 e. The van der Waals surface area contributed by atoms with Crippen molar-refractivity contribution in [3.8, 4) is 5.75 Å². The highest BCUT2D eigenvalue weighted by atomic mass is 16.5. The van der Waals surface area contributed by atoms with Gasteiger partial charge in [0.05, 0.1) is 6.61 Å². The average Bonchev–Trinajstić information content (AvgIpc) is 3.55. The fraction of sp³-hybridized carbons (Fsp3) is 0.545. The van der Waals surface area contributed by atoms with E-state index in [-0.39, 0.29) is 17.3 Å². The number of aryl methyl sites for hydroxylation is 1. The van der Waals surface area contributed by atoms with Crippen LogP contribution >= 0.6 is 0 Å². The van der Waals surface area contributed by atoms with Crippen molar-refractivity contribution in [2.75, 3.05) is 13.2 Å². The van der Waals surface area contributed by atoms with Gasteiger partial charge in [-0.25, -0.2) is 4.79 Å². The fourth-order valence-corrected chi connectivity index (χ4v) is 3.23. The minimum absolute atomic E-state index is 0.235. The third-order valence-electron chi connectivity index (χ3n) is 5.23. The van der Waals surface area contributed by atoms with Crippen molar-refractivity contribution in [3.05, 3.63) is 62.9 Å². The van der Waals surface area contributed by atoms with Crippen LogP contribution in [0, 0.1) is 5.92 Å². The summed E-state index contributed by atoms with van der Waals surface area (Å²) < 4.78 is 7.43. The van der Waals surface area contributed by atoms with E-state index in [2.05, 4.69) is 41.0 Å². The molecule has 0 amide bonds. The second kappa shape index (κ2) is 11.0. The zero-order chi connectivity index (χ0) is 20.5. The summed E-state index contributed by atoms with van der Waals surface area (Å²) in [5.74, 6) is 1.70. The molecule has 1 aliphatic rings. The van der Waals surface area contributed by atoms with Crippen molar-refractivity contribution in [2.24, 2.45) is 5.92 Å². The number of benzene rings is 1. The first-order chi connectivity index (χ1) is 14.2. The van der Waals surface area contributed by atoms with Gasteiger partial charge in [-0.1, -0.05) is 25.5 Å². The molecule has 29 heavy (non-hydrogen) atoms. The van der Waals surface area contributed by atoms with Gasteiger partial charge in [0.2, 0.25) is 0 Å². The average molecular weight is 401 g/mol. The normalized spacial score (nSPS) is 14.7. The number of nitrogens with one attached hydrogen (secondary N) is 3. The highest BCUT2D eigenvalue weighted by molar-refractivity contribution is 5.30. The topological polar surface area (TPSA) is 88.2 Å². The number of H-pyrrole nitrogens is 1. The molecule has 0 radical (unpaired) electrons. The Kier molecular flexibility index (Phi) is 8.07. The number of ether oxygens (including phenoxy) is 1. The smallest absolute Gasteiger partial charge is 0.328 e. The van der Waals surface area contributed by atoms with Gasteiger partial charge in [0.1, 0.15) is 5.75 Å². The van der Waals surface area contributed by atoms with Crippen LogP contribution in [0.2, 0.25) is 0 Å². The molecule has 0 aliphatic heterocycles. The molecule has 7 nitrogen and oxygen atoms in total. The lowest BCUT2D eigenvalue weighted by atomic mass is 10.1. The molecule has 1 atom stereocenters. The summed E-state index contributed by atoms with van der Waals surface area (Å²) in [5.41, 5.74) is 7.27. The van der Waals surface area contributed by atoms with Gasteiger partial charge in [-0.2, -0.15) is 0 Å². The largest absolute Gasteiger partial charge is 0.493 e. The fourth-order valence-electron chi connectivity index (χ4n) is 3.23. The molecule has 7 heteroatoms. The van der Waals surface area contributed by atoms with E-state index in [0.717, 1.165) is 50.5 Å². The summed E-state index contributed by atoms with van der Waals surface area (Å²) in [6.07, 6.45) is 8.02. The van der Waals surface area contributed by atoms with Crippen LogP contribution in [0.4, 0.5) is 0 Å². The standard InChI is InChI=1S/C22H32N4O3/c1-2-20(18-7-6-8-19(15-18)29-16-17-9-10-17)25-23-12-4-3-5-13-26-14-11-21(27)24-22(26)28/h6-8,11,14-15,17,20,23,25H,2-5,9-10,12-13,16H2,1H3,(H,24,27,28). The minimum atomic E-state index is -0.355. The van der Waals surface area contributed by atoms with Gasteiger partial charge in [-0.15, -0.1) is 0 Å². The number of rotatable bonds is 13. The van der Waals surface area contributed by atoms with E-state index in [0.29, 0.717) is 6.54 Å². The van der Waals surface area contributed by atoms with Crippen LogP contribution in [-0.4, -0.2) is 22.7 Å². The van der Waals surface area contributed by atoms with Gasteiger partial charge in [0.25, 0.3) is 5.56 Å². The Bertz CT molecular complexity index is 873. The number of hydrazine groups is 1. The van der Waals surface area contributed by atoms with Gasteiger partial charge >= 0.3 is 5.69 Å². The third-order valence-corrected chi connectivity index (χ3v) is 5.23. The van der Waals surface area contributed by atoms with Gasteiger partial charge in [0, 0.05) is 31.4 Å². The number of aromatic amines is 1. The molecule has 0 bridgehead atoms. The lowest BCUT2D eigenvalue weighted by molar-refractivity contribution is 0.299. The van der Waals surface area contributed by atoms with E-state index in [1.54, 1.807) is 10.8 Å². The first-order valence-corrected chi connectivity index (χ1v) is 10.7. The molecule has 1 unspecified atom stereocenters. The maximum atomic E-state index is 11.6. The summed E-state index contributed by atoms with van der Waals surface area (Å²) in [7, 11) is 0. The number of aromatic nitrogens is 2. The Balaban J connectivity index is 1.33. The number of hydrogen-bond donors (Lipinski definition) is 3. The molecule has 1 fully saturated rings. The molecule has 1 aromatic heterocycles. The Morgan fingerprint density at radius 3 is 2.83 bits per heavy atom. The van der Waals surface area contributed by atoms with Crippen molar-refractivity contribution in [3.63, 3.8) is 0 Å². The summed E-state index contributed by atoms with van der Waals surface area (Å²) in [6, 6.07) is 9.96. The molecule has 0 spiro atoms. The van der Waals surface area contributed by atoms with Gasteiger partial charge in [-0.3, -0.25) is 20.6 Å². The van der Waals surface area contributed by atoms with E-state index in [9.17, 15) is 9.59 Å². The zero-order valence-electron chi connectivity index (χ0n) is 17.2. The maximum absolute atomic E-state index is 11.6. The Morgan fingerprint density at radius 1 is 1.21 bits per heavy atom. The van der Waals surface area contributed by atoms with Crippen LogP contribution in [-0.2, 0) is 6.54 Å². The molecule has 1 aromatic carbocycles. The lowest BCUT2D eigenvalue weighted by Crippen LogP contribution is -2.35. The van der Waals surface area contributed by atoms with Crippen LogP contribution in [0.15, 0.2) is 46.1 Å². The second-order valence-corrected chi connectivity index (χ2v) is 7.72. The van der Waals surface area contributed by atoms with Gasteiger partial charge < -0.3 is 9.30 Å². The molecule has 2 aromatic rings. The van der Waals surface area contributed by atoms with Gasteiger partial charge in [-0.05, 0) is 55.7 Å². The quantitative estimate of drug-likeness (QED) is 0.355. The van der Waals surface area contributed by atoms with Gasteiger partial charge in [0.15, 0.2) is 0 Å². The Labute approximate surface area is 171 Å². The maximum Gasteiger partial charge on any atom is 0.328 e. The number of nitrogens with zero attached hydrogens (tertiary/aromatic N) is 1. The van der Waals surface area contributed by atoms with E-state index < -0.39 is 0 Å². The van der Waals surface area contributed by atoms with Crippen LogP contribution in [0.1, 0.15) is 57.1 Å². The molecule has 3 rings (SSSR count). The lowest BCUT2D eigenvalue weighted by Gasteiger charge is -2.19. The van der Waals surface area contributed by atoms with Crippen molar-refractivity contribution in [1.82, 2.24) is 20.4 Å². The van der Waals surface area contributed by atoms with Crippen LogP contribution in [0.3, 0.4) is 0 Å². The molecule has 158 valence electrons. The van der Waals surface area contributed by atoms with Crippen LogP contribution in [0.5, 0.6) is 5.75 Å². The summed E-state index contributed by atoms with van der Waals surface area (Å²) in [4.78, 5) is 25.0.